The van der Waals surface area contributed by atoms with E-state index in [0.29, 0.717) is 19.1 Å². The lowest BCUT2D eigenvalue weighted by atomic mass is 10.3. The van der Waals surface area contributed by atoms with E-state index in [4.69, 9.17) is 4.74 Å². The van der Waals surface area contributed by atoms with Crippen molar-refractivity contribution in [2.24, 2.45) is 0 Å². The second-order valence-corrected chi connectivity index (χ2v) is 3.99. The lowest BCUT2D eigenvalue weighted by Crippen LogP contribution is -2.29. The molecule has 1 amide bonds. The predicted octanol–water partition coefficient (Wildman–Crippen LogP) is -0.117. The molecule has 1 aromatic heterocycles. The van der Waals surface area contributed by atoms with E-state index in [1.165, 1.54) is 4.90 Å². The normalized spacial score (nSPS) is 19.6. The lowest BCUT2D eigenvalue weighted by Gasteiger charge is -2.11. The quantitative estimate of drug-likeness (QED) is 0.770. The van der Waals surface area contributed by atoms with Gasteiger partial charge in [0.2, 0.25) is 5.95 Å². The van der Waals surface area contributed by atoms with Crippen LogP contribution in [0, 0.1) is 0 Å². The number of rotatable bonds is 2. The van der Waals surface area contributed by atoms with Gasteiger partial charge in [-0.05, 0) is 7.05 Å². The van der Waals surface area contributed by atoms with E-state index in [0.717, 1.165) is 24.3 Å². The number of ether oxygens (including phenoxy) is 1. The van der Waals surface area contributed by atoms with Gasteiger partial charge in [-0.2, -0.15) is 0 Å². The number of aromatic nitrogens is 2. The van der Waals surface area contributed by atoms with Gasteiger partial charge in [0.15, 0.2) is 0 Å². The Balaban J connectivity index is 1.87. The van der Waals surface area contributed by atoms with E-state index in [1.54, 1.807) is 6.20 Å². The van der Waals surface area contributed by atoms with Gasteiger partial charge in [-0.3, -0.25) is 5.43 Å². The van der Waals surface area contributed by atoms with Gasteiger partial charge in [-0.1, -0.05) is 0 Å². The Hall–Kier alpha value is -1.73. The Labute approximate surface area is 98.4 Å². The molecule has 3 heterocycles. The summed E-state index contributed by atoms with van der Waals surface area (Å²) < 4.78 is 4.87. The predicted molar refractivity (Wildman–Crippen MR) is 59.0 cm³/mol. The Kier molecular flexibility index (Phi) is 2.41. The second-order valence-electron chi connectivity index (χ2n) is 3.99. The fraction of sp³-hybridized carbons (Fsp3) is 0.500. The van der Waals surface area contributed by atoms with Crippen molar-refractivity contribution < 1.29 is 9.53 Å². The highest BCUT2D eigenvalue weighted by Gasteiger charge is 2.28. The van der Waals surface area contributed by atoms with Crippen molar-refractivity contribution >= 4 is 12.0 Å². The van der Waals surface area contributed by atoms with Crippen molar-refractivity contribution in [3.8, 4) is 0 Å². The Bertz CT molecular complexity index is 464. The van der Waals surface area contributed by atoms with E-state index in [-0.39, 0.29) is 6.09 Å². The first-order chi connectivity index (χ1) is 8.28. The first-order valence-electron chi connectivity index (χ1n) is 5.49. The number of hydrogen-bond donors (Lipinski definition) is 1. The average Bonchev–Trinajstić information content (AvgIpc) is 2.93. The molecule has 2 aliphatic rings. The summed E-state index contributed by atoms with van der Waals surface area (Å²) in [4.78, 5) is 21.5. The third-order valence-electron chi connectivity index (χ3n) is 2.96. The molecule has 0 aromatic carbocycles. The maximum absolute atomic E-state index is 11.4. The number of amides is 1. The minimum atomic E-state index is -0.367. The van der Waals surface area contributed by atoms with Crippen molar-refractivity contribution in [1.29, 1.82) is 0 Å². The van der Waals surface area contributed by atoms with Gasteiger partial charge in [-0.25, -0.2) is 24.7 Å². The third-order valence-corrected chi connectivity index (χ3v) is 2.96. The SMILES string of the molecule is CNN1Cc2cnc(N3CCOC3=O)nc2C1. The van der Waals surface area contributed by atoms with Crippen molar-refractivity contribution in [3.05, 3.63) is 17.5 Å². The molecule has 7 heteroatoms. The van der Waals surface area contributed by atoms with Crippen molar-refractivity contribution in [1.82, 2.24) is 20.4 Å². The van der Waals surface area contributed by atoms with Crippen LogP contribution in [-0.2, 0) is 17.8 Å². The summed E-state index contributed by atoms with van der Waals surface area (Å²) in [5.41, 5.74) is 5.12. The molecule has 1 aromatic rings. The van der Waals surface area contributed by atoms with Gasteiger partial charge in [0, 0.05) is 18.3 Å². The van der Waals surface area contributed by atoms with E-state index >= 15 is 0 Å². The number of fused-ring (bicyclic) bond motifs is 1. The van der Waals surface area contributed by atoms with Crippen LogP contribution in [-0.4, -0.2) is 41.3 Å². The molecule has 0 saturated carbocycles. The van der Waals surface area contributed by atoms with Crippen LogP contribution in [0.25, 0.3) is 0 Å². The van der Waals surface area contributed by atoms with Gasteiger partial charge >= 0.3 is 6.09 Å². The number of carbonyl (C=O) groups is 1. The zero-order chi connectivity index (χ0) is 11.8. The molecular formula is C10H13N5O2. The minimum absolute atomic E-state index is 0.367. The fourth-order valence-corrected chi connectivity index (χ4v) is 2.01. The summed E-state index contributed by atoms with van der Waals surface area (Å²) >= 11 is 0. The number of carbonyl (C=O) groups excluding carboxylic acids is 1. The van der Waals surface area contributed by atoms with Crippen LogP contribution in [0.15, 0.2) is 6.20 Å². The van der Waals surface area contributed by atoms with E-state index in [2.05, 4.69) is 15.4 Å². The molecule has 0 aliphatic carbocycles. The first-order valence-corrected chi connectivity index (χ1v) is 5.49. The number of nitrogens with one attached hydrogen (secondary N) is 1. The highest BCUT2D eigenvalue weighted by Crippen LogP contribution is 2.21. The summed E-state index contributed by atoms with van der Waals surface area (Å²) in [5.74, 6) is 0.434. The molecule has 3 rings (SSSR count). The maximum atomic E-state index is 11.4. The molecule has 90 valence electrons. The van der Waals surface area contributed by atoms with Crippen LogP contribution in [0.3, 0.4) is 0 Å². The van der Waals surface area contributed by atoms with Crippen LogP contribution in [0.4, 0.5) is 10.7 Å². The summed E-state index contributed by atoms with van der Waals surface area (Å²) in [7, 11) is 1.87. The molecule has 7 nitrogen and oxygen atoms in total. The van der Waals surface area contributed by atoms with Crippen LogP contribution in [0.1, 0.15) is 11.3 Å². The maximum Gasteiger partial charge on any atom is 0.416 e. The monoisotopic (exact) mass is 235 g/mol. The third kappa shape index (κ3) is 1.73. The van der Waals surface area contributed by atoms with Gasteiger partial charge in [0.05, 0.1) is 18.8 Å². The topological polar surface area (TPSA) is 70.6 Å². The summed E-state index contributed by atoms with van der Waals surface area (Å²) in [6.07, 6.45) is 1.41. The Morgan fingerprint density at radius 2 is 2.35 bits per heavy atom. The molecule has 0 spiro atoms. The molecule has 0 unspecified atom stereocenters. The number of nitrogens with zero attached hydrogens (tertiary/aromatic N) is 4. The summed E-state index contributed by atoms with van der Waals surface area (Å²) in [5, 5.41) is 2.03. The summed E-state index contributed by atoms with van der Waals surface area (Å²) in [6, 6.07) is 0. The second kappa shape index (κ2) is 3.94. The van der Waals surface area contributed by atoms with Crippen molar-refractivity contribution in [3.63, 3.8) is 0 Å². The number of anilines is 1. The Morgan fingerprint density at radius 1 is 1.47 bits per heavy atom. The molecule has 2 aliphatic heterocycles. The molecular weight excluding hydrogens is 222 g/mol. The van der Waals surface area contributed by atoms with Crippen molar-refractivity contribution in [2.75, 3.05) is 25.1 Å². The van der Waals surface area contributed by atoms with Crippen LogP contribution < -0.4 is 10.3 Å². The van der Waals surface area contributed by atoms with Gasteiger partial charge in [0.25, 0.3) is 0 Å². The van der Waals surface area contributed by atoms with Gasteiger partial charge in [-0.15, -0.1) is 0 Å². The van der Waals surface area contributed by atoms with E-state index in [1.807, 2.05) is 12.1 Å². The van der Waals surface area contributed by atoms with E-state index < -0.39 is 0 Å². The summed E-state index contributed by atoms with van der Waals surface area (Å²) in [6.45, 7) is 2.44. The number of cyclic esters (lactones) is 1. The highest BCUT2D eigenvalue weighted by molar-refractivity contribution is 5.87. The lowest BCUT2D eigenvalue weighted by molar-refractivity contribution is 0.181. The first kappa shape index (κ1) is 10.4. The molecule has 1 saturated heterocycles. The van der Waals surface area contributed by atoms with Crippen LogP contribution in [0.2, 0.25) is 0 Å². The van der Waals surface area contributed by atoms with Gasteiger partial charge < -0.3 is 4.74 Å². The Morgan fingerprint density at radius 3 is 3.06 bits per heavy atom. The molecule has 0 bridgehead atoms. The zero-order valence-electron chi connectivity index (χ0n) is 9.51. The molecule has 0 radical (unpaired) electrons. The standard InChI is InChI=1S/C10H13N5O2/c1-11-14-5-7-4-12-9(13-8(7)6-14)15-2-3-17-10(15)16/h4,11H,2-3,5-6H2,1H3. The van der Waals surface area contributed by atoms with Crippen molar-refractivity contribution in [2.45, 2.75) is 13.1 Å². The smallest absolute Gasteiger partial charge is 0.416 e. The largest absolute Gasteiger partial charge is 0.447 e. The number of hydrogen-bond acceptors (Lipinski definition) is 6. The molecule has 1 fully saturated rings. The highest BCUT2D eigenvalue weighted by atomic mass is 16.6. The average molecular weight is 235 g/mol. The molecule has 1 N–H and O–H groups in total. The fourth-order valence-electron chi connectivity index (χ4n) is 2.01. The van der Waals surface area contributed by atoms with Crippen LogP contribution >= 0.6 is 0 Å². The van der Waals surface area contributed by atoms with Gasteiger partial charge in [0.1, 0.15) is 6.61 Å². The van der Waals surface area contributed by atoms with Crippen LogP contribution in [0.5, 0.6) is 0 Å². The van der Waals surface area contributed by atoms with E-state index in [9.17, 15) is 4.79 Å². The molecule has 17 heavy (non-hydrogen) atoms. The minimum Gasteiger partial charge on any atom is -0.447 e. The number of hydrazine groups is 1. The molecule has 0 atom stereocenters. The zero-order valence-corrected chi connectivity index (χ0v) is 9.51.